The van der Waals surface area contributed by atoms with Crippen molar-refractivity contribution in [2.24, 2.45) is 17.8 Å². The molecule has 1 aromatic rings. The lowest BCUT2D eigenvalue weighted by atomic mass is 9.82. The van der Waals surface area contributed by atoms with E-state index in [0.717, 1.165) is 36.1 Å². The maximum atomic E-state index is 12.7. The summed E-state index contributed by atoms with van der Waals surface area (Å²) in [5.41, 5.74) is 0.718. The Balaban J connectivity index is 1.60. The van der Waals surface area contributed by atoms with Crippen LogP contribution in [0.2, 0.25) is 0 Å². The molecule has 1 saturated carbocycles. The summed E-state index contributed by atoms with van der Waals surface area (Å²) in [7, 11) is 1.64. The molecule has 144 valence electrons. The largest absolute Gasteiger partial charge is 0.497 e. The molecule has 0 radical (unpaired) electrons. The lowest BCUT2D eigenvalue weighted by Crippen LogP contribution is -2.49. The third-order valence-electron chi connectivity index (χ3n) is 6.01. The van der Waals surface area contributed by atoms with Crippen LogP contribution in [0.3, 0.4) is 0 Å². The number of nitrogens with one attached hydrogen (secondary N) is 1. The highest BCUT2D eigenvalue weighted by Crippen LogP contribution is 2.28. The van der Waals surface area contributed by atoms with Crippen LogP contribution < -0.4 is 10.1 Å². The summed E-state index contributed by atoms with van der Waals surface area (Å²) in [6.07, 6.45) is 6.19. The second-order valence-electron chi connectivity index (χ2n) is 8.52. The van der Waals surface area contributed by atoms with Crippen molar-refractivity contribution in [3.8, 4) is 5.75 Å². The summed E-state index contributed by atoms with van der Waals surface area (Å²) in [6, 6.07) is 7.69. The second-order valence-corrected chi connectivity index (χ2v) is 8.52. The molecule has 1 heterocycles. The number of rotatable bonds is 5. The predicted molar refractivity (Wildman–Crippen MR) is 106 cm³/mol. The van der Waals surface area contributed by atoms with Crippen LogP contribution in [0.4, 0.5) is 0 Å². The van der Waals surface area contributed by atoms with E-state index in [1.165, 1.54) is 38.8 Å². The van der Waals surface area contributed by atoms with Crippen LogP contribution in [0, 0.1) is 17.8 Å². The van der Waals surface area contributed by atoms with E-state index in [1.807, 2.05) is 24.3 Å². The number of hydrogen-bond donors (Lipinski definition) is 1. The van der Waals surface area contributed by atoms with Crippen molar-refractivity contribution in [3.63, 3.8) is 0 Å². The number of amides is 1. The molecule has 1 aromatic carbocycles. The summed E-state index contributed by atoms with van der Waals surface area (Å²) in [4.78, 5) is 15.3. The van der Waals surface area contributed by atoms with Crippen molar-refractivity contribution < 1.29 is 9.53 Å². The first-order chi connectivity index (χ1) is 12.5. The standard InChI is InChI=1S/C22H34N2O2/c1-16-12-17(2)14-24(13-16)15-19-6-4-5-7-21(19)23-22(25)18-8-10-20(26-3)11-9-18/h8-11,16-17,19,21H,4-7,12-15H2,1-3H3,(H,23,25)/t16?,17?,19-,21?/m0/s1. The second kappa shape index (κ2) is 8.90. The monoisotopic (exact) mass is 358 g/mol. The Kier molecular flexibility index (Phi) is 6.58. The van der Waals surface area contributed by atoms with Gasteiger partial charge in [0.2, 0.25) is 0 Å². The van der Waals surface area contributed by atoms with E-state index in [2.05, 4.69) is 24.1 Å². The first kappa shape index (κ1) is 19.2. The number of hydrogen-bond acceptors (Lipinski definition) is 3. The Bertz CT molecular complexity index is 576. The number of likely N-dealkylation sites (tertiary alicyclic amines) is 1. The summed E-state index contributed by atoms with van der Waals surface area (Å²) >= 11 is 0. The minimum absolute atomic E-state index is 0.0462. The van der Waals surface area contributed by atoms with Gasteiger partial charge in [-0.3, -0.25) is 4.79 Å². The van der Waals surface area contributed by atoms with Gasteiger partial charge in [-0.2, -0.15) is 0 Å². The van der Waals surface area contributed by atoms with E-state index in [4.69, 9.17) is 4.74 Å². The third kappa shape index (κ3) is 5.00. The normalized spacial score (nSPS) is 30.0. The smallest absolute Gasteiger partial charge is 0.251 e. The lowest BCUT2D eigenvalue weighted by Gasteiger charge is -2.40. The Morgan fingerprint density at radius 1 is 1.12 bits per heavy atom. The minimum atomic E-state index is 0.0462. The van der Waals surface area contributed by atoms with Gasteiger partial charge in [-0.15, -0.1) is 0 Å². The Morgan fingerprint density at radius 3 is 2.42 bits per heavy atom. The van der Waals surface area contributed by atoms with Crippen molar-refractivity contribution in [1.82, 2.24) is 10.2 Å². The molecule has 4 heteroatoms. The molecule has 1 saturated heterocycles. The molecular formula is C22H34N2O2. The average molecular weight is 359 g/mol. The van der Waals surface area contributed by atoms with Gasteiger partial charge in [0.15, 0.2) is 0 Å². The molecule has 4 nitrogen and oxygen atoms in total. The highest BCUT2D eigenvalue weighted by Gasteiger charge is 2.30. The lowest BCUT2D eigenvalue weighted by molar-refractivity contribution is 0.0817. The summed E-state index contributed by atoms with van der Waals surface area (Å²) in [5, 5.41) is 3.33. The van der Waals surface area contributed by atoms with Gasteiger partial charge in [0, 0.05) is 31.2 Å². The molecule has 3 unspecified atom stereocenters. The van der Waals surface area contributed by atoms with Gasteiger partial charge in [0.05, 0.1) is 7.11 Å². The Morgan fingerprint density at radius 2 is 1.77 bits per heavy atom. The number of methoxy groups -OCH3 is 1. The maximum absolute atomic E-state index is 12.7. The molecule has 1 aliphatic heterocycles. The fraction of sp³-hybridized carbons (Fsp3) is 0.682. The van der Waals surface area contributed by atoms with Crippen LogP contribution in [0.25, 0.3) is 0 Å². The molecule has 1 amide bonds. The van der Waals surface area contributed by atoms with Crippen LogP contribution in [0.5, 0.6) is 5.75 Å². The molecule has 4 atom stereocenters. The van der Waals surface area contributed by atoms with Gasteiger partial charge >= 0.3 is 0 Å². The van der Waals surface area contributed by atoms with Crippen LogP contribution >= 0.6 is 0 Å². The molecule has 3 rings (SSSR count). The molecule has 0 aromatic heterocycles. The Labute approximate surface area is 158 Å². The van der Waals surface area contributed by atoms with E-state index < -0.39 is 0 Å². The number of ether oxygens (including phenoxy) is 1. The zero-order valence-electron chi connectivity index (χ0n) is 16.5. The van der Waals surface area contributed by atoms with Gasteiger partial charge < -0.3 is 15.0 Å². The molecule has 1 aliphatic carbocycles. The topological polar surface area (TPSA) is 41.6 Å². The molecule has 2 aliphatic rings. The number of nitrogens with zero attached hydrogens (tertiary/aromatic N) is 1. The zero-order chi connectivity index (χ0) is 18.5. The quantitative estimate of drug-likeness (QED) is 0.866. The minimum Gasteiger partial charge on any atom is -0.497 e. The molecule has 0 spiro atoms. The van der Waals surface area contributed by atoms with Crippen molar-refractivity contribution in [3.05, 3.63) is 29.8 Å². The first-order valence-electron chi connectivity index (χ1n) is 10.2. The van der Waals surface area contributed by atoms with Gasteiger partial charge in [-0.05, 0) is 61.3 Å². The predicted octanol–water partition coefficient (Wildman–Crippen LogP) is 3.96. The maximum Gasteiger partial charge on any atom is 0.251 e. The van der Waals surface area contributed by atoms with Gasteiger partial charge in [-0.1, -0.05) is 26.7 Å². The van der Waals surface area contributed by atoms with Gasteiger partial charge in [-0.25, -0.2) is 0 Å². The SMILES string of the molecule is COc1ccc(C(=O)NC2CCCC[C@H]2CN2CC(C)CC(C)C2)cc1. The number of carbonyl (C=O) groups excluding carboxylic acids is 1. The van der Waals surface area contributed by atoms with Crippen molar-refractivity contribution in [1.29, 1.82) is 0 Å². The molecule has 26 heavy (non-hydrogen) atoms. The zero-order valence-corrected chi connectivity index (χ0v) is 16.5. The van der Waals surface area contributed by atoms with Crippen molar-refractivity contribution in [2.75, 3.05) is 26.7 Å². The first-order valence-corrected chi connectivity index (χ1v) is 10.2. The van der Waals surface area contributed by atoms with Gasteiger partial charge in [0.25, 0.3) is 5.91 Å². The van der Waals surface area contributed by atoms with E-state index >= 15 is 0 Å². The van der Waals surface area contributed by atoms with E-state index in [-0.39, 0.29) is 5.91 Å². The number of benzene rings is 1. The van der Waals surface area contributed by atoms with E-state index in [9.17, 15) is 4.79 Å². The summed E-state index contributed by atoms with van der Waals surface area (Å²) in [5.74, 6) is 2.98. The molecule has 1 N–H and O–H groups in total. The molecule has 0 bridgehead atoms. The van der Waals surface area contributed by atoms with E-state index in [0.29, 0.717) is 12.0 Å². The Hall–Kier alpha value is -1.55. The summed E-state index contributed by atoms with van der Waals surface area (Å²) < 4.78 is 5.18. The number of piperidine rings is 1. The molecule has 2 fully saturated rings. The van der Waals surface area contributed by atoms with Crippen molar-refractivity contribution in [2.45, 2.75) is 52.0 Å². The van der Waals surface area contributed by atoms with Crippen molar-refractivity contribution >= 4 is 5.91 Å². The fourth-order valence-electron chi connectivity index (χ4n) is 4.88. The van der Waals surface area contributed by atoms with E-state index in [1.54, 1.807) is 7.11 Å². The van der Waals surface area contributed by atoms with Crippen LogP contribution in [0.15, 0.2) is 24.3 Å². The highest BCUT2D eigenvalue weighted by atomic mass is 16.5. The third-order valence-corrected chi connectivity index (χ3v) is 6.01. The van der Waals surface area contributed by atoms with Crippen LogP contribution in [-0.4, -0.2) is 43.6 Å². The fourth-order valence-corrected chi connectivity index (χ4v) is 4.88. The highest BCUT2D eigenvalue weighted by molar-refractivity contribution is 5.94. The van der Waals surface area contributed by atoms with Crippen LogP contribution in [0.1, 0.15) is 56.3 Å². The number of carbonyl (C=O) groups is 1. The average Bonchev–Trinajstić information content (AvgIpc) is 2.62. The van der Waals surface area contributed by atoms with Gasteiger partial charge in [0.1, 0.15) is 5.75 Å². The summed E-state index contributed by atoms with van der Waals surface area (Å²) in [6.45, 7) is 8.28. The van der Waals surface area contributed by atoms with Crippen LogP contribution in [-0.2, 0) is 0 Å². The molecular weight excluding hydrogens is 324 g/mol.